The van der Waals surface area contributed by atoms with Gasteiger partial charge in [0.1, 0.15) is 0 Å². The summed E-state index contributed by atoms with van der Waals surface area (Å²) in [6.45, 7) is 13.5. The molecule has 2 aromatic rings. The summed E-state index contributed by atoms with van der Waals surface area (Å²) in [7, 11) is 0. The highest BCUT2D eigenvalue weighted by atomic mass is 15.3. The SMILES string of the molecule is CCN(CC)C(Cc1cccc2c1Cc1ccccc1-2)N(CC)CC. The molecule has 0 aliphatic heterocycles. The van der Waals surface area contributed by atoms with Crippen LogP contribution in [0.25, 0.3) is 11.1 Å². The molecule has 0 unspecified atom stereocenters. The van der Waals surface area contributed by atoms with E-state index in [1.807, 2.05) is 0 Å². The normalized spacial score (nSPS) is 12.9. The first-order valence-electron chi connectivity index (χ1n) is 9.90. The average Bonchev–Trinajstić information content (AvgIpc) is 3.03. The molecule has 0 fully saturated rings. The molecule has 2 heteroatoms. The fourth-order valence-electron chi connectivity index (χ4n) is 4.39. The van der Waals surface area contributed by atoms with E-state index >= 15 is 0 Å². The van der Waals surface area contributed by atoms with Crippen LogP contribution in [0, 0.1) is 0 Å². The van der Waals surface area contributed by atoms with E-state index in [1.165, 1.54) is 22.3 Å². The third-order valence-electron chi connectivity index (χ3n) is 5.82. The molecule has 0 aromatic heterocycles. The molecule has 3 rings (SSSR count). The highest BCUT2D eigenvalue weighted by Crippen LogP contribution is 2.38. The lowest BCUT2D eigenvalue weighted by molar-refractivity contribution is 0.0569. The summed E-state index contributed by atoms with van der Waals surface area (Å²) >= 11 is 0. The van der Waals surface area contributed by atoms with Crippen LogP contribution in [-0.4, -0.2) is 42.1 Å². The molecule has 0 heterocycles. The van der Waals surface area contributed by atoms with Crippen LogP contribution in [0.3, 0.4) is 0 Å². The van der Waals surface area contributed by atoms with Crippen LogP contribution in [0.4, 0.5) is 0 Å². The Bertz CT molecular complexity index is 687. The third-order valence-corrected chi connectivity index (χ3v) is 5.82. The number of benzene rings is 2. The zero-order valence-electron chi connectivity index (χ0n) is 16.3. The van der Waals surface area contributed by atoms with Gasteiger partial charge in [-0.05, 0) is 60.4 Å². The molecule has 2 aromatic carbocycles. The van der Waals surface area contributed by atoms with Crippen LogP contribution in [0.5, 0.6) is 0 Å². The quantitative estimate of drug-likeness (QED) is 0.545. The van der Waals surface area contributed by atoms with Crippen molar-refractivity contribution in [1.82, 2.24) is 9.80 Å². The van der Waals surface area contributed by atoms with Crippen LogP contribution >= 0.6 is 0 Å². The van der Waals surface area contributed by atoms with Gasteiger partial charge in [-0.25, -0.2) is 0 Å². The van der Waals surface area contributed by atoms with Crippen molar-refractivity contribution in [2.75, 3.05) is 26.2 Å². The molecule has 25 heavy (non-hydrogen) atoms. The van der Waals surface area contributed by atoms with Crippen LogP contribution in [0.2, 0.25) is 0 Å². The van der Waals surface area contributed by atoms with Crippen molar-refractivity contribution in [2.24, 2.45) is 0 Å². The second-order valence-corrected chi connectivity index (χ2v) is 6.90. The molecule has 1 aliphatic carbocycles. The van der Waals surface area contributed by atoms with E-state index in [0.717, 1.165) is 39.0 Å². The summed E-state index contributed by atoms with van der Waals surface area (Å²) in [6.07, 6.45) is 2.69. The first kappa shape index (κ1) is 18.2. The Morgan fingerprint density at radius 3 is 2.00 bits per heavy atom. The first-order valence-corrected chi connectivity index (χ1v) is 9.90. The number of nitrogens with zero attached hydrogens (tertiary/aromatic N) is 2. The van der Waals surface area contributed by atoms with Crippen molar-refractivity contribution < 1.29 is 0 Å². The molecule has 0 radical (unpaired) electrons. The van der Waals surface area contributed by atoms with Gasteiger partial charge in [-0.15, -0.1) is 0 Å². The lowest BCUT2D eigenvalue weighted by Crippen LogP contribution is -2.49. The Hall–Kier alpha value is -1.64. The molecule has 0 N–H and O–H groups in total. The molecule has 0 bridgehead atoms. The third kappa shape index (κ3) is 3.51. The summed E-state index contributed by atoms with van der Waals surface area (Å²) in [5, 5.41) is 0. The summed E-state index contributed by atoms with van der Waals surface area (Å²) in [6, 6.07) is 15.8. The molecular formula is C23H32N2. The lowest BCUT2D eigenvalue weighted by atomic mass is 9.97. The van der Waals surface area contributed by atoms with Gasteiger partial charge in [0.2, 0.25) is 0 Å². The van der Waals surface area contributed by atoms with E-state index in [0.29, 0.717) is 6.17 Å². The lowest BCUT2D eigenvalue weighted by Gasteiger charge is -2.38. The van der Waals surface area contributed by atoms with Gasteiger partial charge in [-0.1, -0.05) is 70.2 Å². The Labute approximate surface area is 153 Å². The van der Waals surface area contributed by atoms with Gasteiger partial charge >= 0.3 is 0 Å². The monoisotopic (exact) mass is 336 g/mol. The number of likely N-dealkylation sites (N-methyl/N-ethyl adjacent to an activating group) is 2. The van der Waals surface area contributed by atoms with E-state index in [4.69, 9.17) is 0 Å². The van der Waals surface area contributed by atoms with Gasteiger partial charge in [-0.3, -0.25) is 9.80 Å². The molecule has 134 valence electrons. The maximum atomic E-state index is 2.61. The van der Waals surface area contributed by atoms with Gasteiger partial charge < -0.3 is 0 Å². The Balaban J connectivity index is 1.94. The molecule has 0 saturated heterocycles. The fourth-order valence-corrected chi connectivity index (χ4v) is 4.39. The van der Waals surface area contributed by atoms with Crippen molar-refractivity contribution in [3.05, 3.63) is 59.2 Å². The Morgan fingerprint density at radius 1 is 0.760 bits per heavy atom. The molecule has 0 amide bonds. The second kappa shape index (κ2) is 8.16. The smallest absolute Gasteiger partial charge is 0.0663 e. The summed E-state index contributed by atoms with van der Waals surface area (Å²) < 4.78 is 0. The van der Waals surface area contributed by atoms with E-state index in [2.05, 4.69) is 80.0 Å². The number of fused-ring (bicyclic) bond motifs is 3. The van der Waals surface area contributed by atoms with E-state index in [-0.39, 0.29) is 0 Å². The topological polar surface area (TPSA) is 6.48 Å². The van der Waals surface area contributed by atoms with Crippen LogP contribution in [0.1, 0.15) is 44.4 Å². The molecular weight excluding hydrogens is 304 g/mol. The summed E-state index contributed by atoms with van der Waals surface area (Å²) in [5.41, 5.74) is 7.44. The maximum Gasteiger partial charge on any atom is 0.0663 e. The second-order valence-electron chi connectivity index (χ2n) is 6.90. The van der Waals surface area contributed by atoms with Crippen LogP contribution in [0.15, 0.2) is 42.5 Å². The van der Waals surface area contributed by atoms with Gasteiger partial charge in [0.05, 0.1) is 6.17 Å². The first-order chi connectivity index (χ1) is 12.2. The molecule has 0 atom stereocenters. The minimum atomic E-state index is 0.486. The summed E-state index contributed by atoms with van der Waals surface area (Å²) in [4.78, 5) is 5.21. The highest BCUT2D eigenvalue weighted by molar-refractivity contribution is 5.77. The zero-order valence-corrected chi connectivity index (χ0v) is 16.3. The van der Waals surface area contributed by atoms with E-state index in [1.54, 1.807) is 5.56 Å². The molecule has 0 saturated carbocycles. The molecule has 2 nitrogen and oxygen atoms in total. The Kier molecular flexibility index (Phi) is 5.93. The van der Waals surface area contributed by atoms with Crippen molar-refractivity contribution in [3.63, 3.8) is 0 Å². The minimum absolute atomic E-state index is 0.486. The standard InChI is InChI=1S/C23H32N2/c1-5-24(6-2)23(25(7-3)8-4)17-19-13-11-15-21-20-14-10-9-12-18(20)16-22(19)21/h9-15,23H,5-8,16-17H2,1-4H3. The number of hydrogen-bond donors (Lipinski definition) is 0. The zero-order chi connectivity index (χ0) is 17.8. The minimum Gasteiger partial charge on any atom is -0.288 e. The highest BCUT2D eigenvalue weighted by Gasteiger charge is 2.26. The van der Waals surface area contributed by atoms with Crippen molar-refractivity contribution in [1.29, 1.82) is 0 Å². The van der Waals surface area contributed by atoms with Crippen LogP contribution < -0.4 is 0 Å². The van der Waals surface area contributed by atoms with Gasteiger partial charge in [0.15, 0.2) is 0 Å². The molecule has 1 aliphatic rings. The number of hydrogen-bond acceptors (Lipinski definition) is 2. The van der Waals surface area contributed by atoms with Gasteiger partial charge in [0, 0.05) is 6.42 Å². The van der Waals surface area contributed by atoms with Crippen molar-refractivity contribution >= 4 is 0 Å². The Morgan fingerprint density at radius 2 is 1.36 bits per heavy atom. The number of rotatable bonds is 8. The largest absolute Gasteiger partial charge is 0.288 e. The van der Waals surface area contributed by atoms with Crippen LogP contribution in [-0.2, 0) is 12.8 Å². The molecule has 0 spiro atoms. The average molecular weight is 337 g/mol. The van der Waals surface area contributed by atoms with Crippen molar-refractivity contribution in [3.8, 4) is 11.1 Å². The maximum absolute atomic E-state index is 2.61. The summed E-state index contributed by atoms with van der Waals surface area (Å²) in [5.74, 6) is 0. The van der Waals surface area contributed by atoms with E-state index < -0.39 is 0 Å². The van der Waals surface area contributed by atoms with Crippen molar-refractivity contribution in [2.45, 2.75) is 46.7 Å². The van der Waals surface area contributed by atoms with Gasteiger partial charge in [-0.2, -0.15) is 0 Å². The van der Waals surface area contributed by atoms with E-state index in [9.17, 15) is 0 Å². The van der Waals surface area contributed by atoms with Gasteiger partial charge in [0.25, 0.3) is 0 Å². The predicted molar refractivity (Wildman–Crippen MR) is 108 cm³/mol. The predicted octanol–water partition coefficient (Wildman–Crippen LogP) is 4.81. The fraction of sp³-hybridized carbons (Fsp3) is 0.478.